The summed E-state index contributed by atoms with van der Waals surface area (Å²) in [5, 5.41) is 10.9. The van der Waals surface area contributed by atoms with Gasteiger partial charge in [-0.2, -0.15) is 0 Å². The summed E-state index contributed by atoms with van der Waals surface area (Å²) in [5.74, 6) is -1.37. The molecule has 0 bridgehead atoms. The lowest BCUT2D eigenvalue weighted by atomic mass is 9.94. The summed E-state index contributed by atoms with van der Waals surface area (Å²) in [4.78, 5) is 27.3. The monoisotopic (exact) mass is 377 g/mol. The predicted octanol–water partition coefficient (Wildman–Crippen LogP) is 3.60. The van der Waals surface area contributed by atoms with E-state index in [1.165, 1.54) is 0 Å². The van der Waals surface area contributed by atoms with Gasteiger partial charge in [0, 0.05) is 18.7 Å². The lowest BCUT2D eigenvalue weighted by Gasteiger charge is -2.27. The van der Waals surface area contributed by atoms with E-state index in [2.05, 4.69) is 0 Å². The van der Waals surface area contributed by atoms with Crippen LogP contribution in [0.5, 0.6) is 0 Å². The van der Waals surface area contributed by atoms with Gasteiger partial charge >= 0.3 is 0 Å². The molecule has 2 aromatic carbocycles. The average Bonchev–Trinajstić information content (AvgIpc) is 3.31. The van der Waals surface area contributed by atoms with Crippen LogP contribution in [-0.2, 0) is 14.3 Å². The van der Waals surface area contributed by atoms with Gasteiger partial charge in [-0.3, -0.25) is 9.59 Å². The fourth-order valence-electron chi connectivity index (χ4n) is 3.92. The van der Waals surface area contributed by atoms with Gasteiger partial charge in [-0.1, -0.05) is 60.2 Å². The van der Waals surface area contributed by atoms with Crippen LogP contribution in [0.1, 0.15) is 35.6 Å². The van der Waals surface area contributed by atoms with Gasteiger partial charge in [0.15, 0.2) is 0 Å². The molecule has 0 unspecified atom stereocenters. The Morgan fingerprint density at radius 1 is 1.11 bits per heavy atom. The van der Waals surface area contributed by atoms with E-state index in [0.29, 0.717) is 18.7 Å². The van der Waals surface area contributed by atoms with Crippen LogP contribution in [0.2, 0.25) is 0 Å². The number of hydrogen-bond donors (Lipinski definition) is 1. The highest BCUT2D eigenvalue weighted by molar-refractivity contribution is 6.46. The van der Waals surface area contributed by atoms with Crippen LogP contribution in [0.4, 0.5) is 0 Å². The second kappa shape index (κ2) is 7.60. The SMILES string of the molecule is Cc1ccc([C@H]2C(=C(O)c3ccccc3)C(=O)C(=O)N2C[C@H]2CCCO2)cc1. The fraction of sp³-hybridized carbons (Fsp3) is 0.304. The van der Waals surface area contributed by atoms with Crippen molar-refractivity contribution < 1.29 is 19.4 Å². The molecule has 2 aliphatic rings. The quantitative estimate of drug-likeness (QED) is 0.502. The number of aliphatic hydroxyl groups excluding tert-OH is 1. The summed E-state index contributed by atoms with van der Waals surface area (Å²) in [5.41, 5.74) is 2.55. The Hall–Kier alpha value is -2.92. The van der Waals surface area contributed by atoms with Gasteiger partial charge in [-0.15, -0.1) is 0 Å². The van der Waals surface area contributed by atoms with Crippen molar-refractivity contribution >= 4 is 17.4 Å². The topological polar surface area (TPSA) is 66.8 Å². The molecule has 0 radical (unpaired) electrons. The van der Waals surface area contributed by atoms with Crippen LogP contribution in [0.15, 0.2) is 60.2 Å². The Bertz CT molecular complexity index is 911. The number of hydrogen-bond acceptors (Lipinski definition) is 4. The molecule has 0 spiro atoms. The standard InChI is InChI=1S/C23H23NO4/c1-15-9-11-16(12-10-15)20-19(21(25)17-6-3-2-4-7-17)22(26)23(27)24(20)14-18-8-5-13-28-18/h2-4,6-7,9-12,18,20,25H,5,8,13-14H2,1H3/t18-,20+/m1/s1. The van der Waals surface area contributed by atoms with Crippen molar-refractivity contribution in [2.45, 2.75) is 31.9 Å². The van der Waals surface area contributed by atoms with Crippen molar-refractivity contribution in [2.24, 2.45) is 0 Å². The van der Waals surface area contributed by atoms with Gasteiger partial charge < -0.3 is 14.7 Å². The van der Waals surface area contributed by atoms with Gasteiger partial charge in [0.05, 0.1) is 17.7 Å². The second-order valence-electron chi connectivity index (χ2n) is 7.36. The molecule has 2 aliphatic heterocycles. The molecule has 0 aromatic heterocycles. The van der Waals surface area contributed by atoms with Gasteiger partial charge in [-0.25, -0.2) is 0 Å². The summed E-state index contributed by atoms with van der Waals surface area (Å²) in [6.45, 7) is 3.00. The van der Waals surface area contributed by atoms with Gasteiger partial charge in [0.2, 0.25) is 0 Å². The molecule has 5 heteroatoms. The van der Waals surface area contributed by atoms with Crippen LogP contribution >= 0.6 is 0 Å². The van der Waals surface area contributed by atoms with Crippen LogP contribution in [-0.4, -0.2) is 41.0 Å². The third-order valence-corrected chi connectivity index (χ3v) is 5.40. The van der Waals surface area contributed by atoms with Crippen molar-refractivity contribution in [3.63, 3.8) is 0 Å². The van der Waals surface area contributed by atoms with Crippen molar-refractivity contribution in [1.29, 1.82) is 0 Å². The number of nitrogens with zero attached hydrogens (tertiary/aromatic N) is 1. The largest absolute Gasteiger partial charge is 0.507 e. The molecule has 0 saturated carbocycles. The van der Waals surface area contributed by atoms with Crippen molar-refractivity contribution in [3.05, 3.63) is 76.9 Å². The number of carbonyl (C=O) groups excluding carboxylic acids is 2. The summed E-state index contributed by atoms with van der Waals surface area (Å²) in [6, 6.07) is 16.0. The van der Waals surface area contributed by atoms with E-state index >= 15 is 0 Å². The molecule has 28 heavy (non-hydrogen) atoms. The van der Waals surface area contributed by atoms with Crippen LogP contribution in [0, 0.1) is 6.92 Å². The third kappa shape index (κ3) is 3.34. The molecule has 1 amide bonds. The van der Waals surface area contributed by atoms with E-state index in [1.807, 2.05) is 37.3 Å². The zero-order valence-electron chi connectivity index (χ0n) is 15.8. The first-order valence-electron chi connectivity index (χ1n) is 9.58. The Morgan fingerprint density at radius 2 is 1.82 bits per heavy atom. The molecule has 144 valence electrons. The Kier molecular flexibility index (Phi) is 5.01. The number of carbonyl (C=O) groups is 2. The Balaban J connectivity index is 1.81. The maximum absolute atomic E-state index is 12.9. The first-order valence-corrected chi connectivity index (χ1v) is 9.58. The van der Waals surface area contributed by atoms with E-state index in [9.17, 15) is 14.7 Å². The fourth-order valence-corrected chi connectivity index (χ4v) is 3.92. The van der Waals surface area contributed by atoms with Crippen molar-refractivity contribution in [2.75, 3.05) is 13.2 Å². The molecule has 1 N–H and O–H groups in total. The predicted molar refractivity (Wildman–Crippen MR) is 106 cm³/mol. The molecular formula is C23H23NO4. The number of likely N-dealkylation sites (tertiary alicyclic amines) is 1. The minimum atomic E-state index is -0.648. The van der Waals surface area contributed by atoms with Gasteiger partial charge in [0.1, 0.15) is 5.76 Å². The molecule has 5 nitrogen and oxygen atoms in total. The molecule has 0 aliphatic carbocycles. The van der Waals surface area contributed by atoms with E-state index in [4.69, 9.17) is 4.74 Å². The molecule has 2 atom stereocenters. The first kappa shape index (κ1) is 18.4. The number of rotatable bonds is 4. The molecule has 2 aromatic rings. The normalized spacial score (nSPS) is 24.1. The summed E-state index contributed by atoms with van der Waals surface area (Å²) in [6.07, 6.45) is 1.73. The minimum Gasteiger partial charge on any atom is -0.507 e. The summed E-state index contributed by atoms with van der Waals surface area (Å²) in [7, 11) is 0. The van der Waals surface area contributed by atoms with Crippen LogP contribution < -0.4 is 0 Å². The number of aryl methyl sites for hydroxylation is 1. The molecule has 4 rings (SSSR count). The molecule has 2 saturated heterocycles. The number of Topliss-reactive ketones (excluding diaryl/α,β-unsaturated/α-hetero) is 1. The first-order chi connectivity index (χ1) is 13.6. The third-order valence-electron chi connectivity index (χ3n) is 5.40. The molecule has 2 fully saturated rings. The maximum atomic E-state index is 12.9. The highest BCUT2D eigenvalue weighted by Crippen LogP contribution is 2.40. The van der Waals surface area contributed by atoms with E-state index < -0.39 is 17.7 Å². The lowest BCUT2D eigenvalue weighted by molar-refractivity contribution is -0.140. The number of benzene rings is 2. The number of aliphatic hydroxyl groups is 1. The van der Waals surface area contributed by atoms with E-state index in [1.54, 1.807) is 29.2 Å². The van der Waals surface area contributed by atoms with Crippen LogP contribution in [0.25, 0.3) is 5.76 Å². The van der Waals surface area contributed by atoms with Crippen molar-refractivity contribution in [1.82, 2.24) is 4.90 Å². The summed E-state index contributed by atoms with van der Waals surface area (Å²) >= 11 is 0. The zero-order valence-corrected chi connectivity index (χ0v) is 15.8. The van der Waals surface area contributed by atoms with Crippen molar-refractivity contribution in [3.8, 4) is 0 Å². The smallest absolute Gasteiger partial charge is 0.295 e. The minimum absolute atomic E-state index is 0.0806. The number of ether oxygens (including phenoxy) is 1. The van der Waals surface area contributed by atoms with E-state index in [-0.39, 0.29) is 17.4 Å². The molecular weight excluding hydrogens is 354 g/mol. The number of amides is 1. The zero-order chi connectivity index (χ0) is 19.7. The molecule has 2 heterocycles. The lowest BCUT2D eigenvalue weighted by Crippen LogP contribution is -2.36. The average molecular weight is 377 g/mol. The van der Waals surface area contributed by atoms with E-state index in [0.717, 1.165) is 24.0 Å². The number of ketones is 1. The Labute approximate surface area is 164 Å². The summed E-state index contributed by atoms with van der Waals surface area (Å²) < 4.78 is 5.70. The highest BCUT2D eigenvalue weighted by atomic mass is 16.5. The Morgan fingerprint density at radius 3 is 2.46 bits per heavy atom. The van der Waals surface area contributed by atoms with Gasteiger partial charge in [0.25, 0.3) is 11.7 Å². The van der Waals surface area contributed by atoms with Gasteiger partial charge in [-0.05, 0) is 25.3 Å². The highest BCUT2D eigenvalue weighted by Gasteiger charge is 2.46. The maximum Gasteiger partial charge on any atom is 0.295 e. The van der Waals surface area contributed by atoms with Crippen LogP contribution in [0.3, 0.4) is 0 Å². The second-order valence-corrected chi connectivity index (χ2v) is 7.36.